The molecule has 23 heavy (non-hydrogen) atoms. The number of nitrogens with one attached hydrogen (secondary N) is 1. The summed E-state index contributed by atoms with van der Waals surface area (Å²) < 4.78 is 5.65. The lowest BCUT2D eigenvalue weighted by molar-refractivity contribution is -0.140. The number of hydrogen-bond donors (Lipinski definition) is 2. The molecule has 1 aliphatic carbocycles. The van der Waals surface area contributed by atoms with Gasteiger partial charge in [-0.05, 0) is 43.9 Å². The molecule has 2 atom stereocenters. The number of ether oxygens (including phenoxy) is 1. The van der Waals surface area contributed by atoms with Crippen LogP contribution in [0.2, 0.25) is 0 Å². The predicted molar refractivity (Wildman–Crippen MR) is 87.2 cm³/mol. The summed E-state index contributed by atoms with van der Waals surface area (Å²) in [6, 6.07) is 7.64. The molecular formula is C18H25NO4. The molecule has 0 radical (unpaired) electrons. The molecule has 5 nitrogen and oxygen atoms in total. The fraction of sp³-hybridized carbons (Fsp3) is 0.556. The van der Waals surface area contributed by atoms with Crippen LogP contribution in [-0.4, -0.2) is 23.6 Å². The van der Waals surface area contributed by atoms with Crippen molar-refractivity contribution in [3.8, 4) is 5.75 Å². The van der Waals surface area contributed by atoms with Gasteiger partial charge in [-0.1, -0.05) is 26.0 Å². The van der Waals surface area contributed by atoms with Crippen LogP contribution in [0.3, 0.4) is 0 Å². The molecule has 2 N–H and O–H groups in total. The highest BCUT2D eigenvalue weighted by Gasteiger charge is 2.49. The molecule has 1 aromatic rings. The highest BCUT2D eigenvalue weighted by Crippen LogP contribution is 2.39. The molecule has 0 heterocycles. The molecule has 2 unspecified atom stereocenters. The maximum atomic E-state index is 12.2. The van der Waals surface area contributed by atoms with E-state index < -0.39 is 23.3 Å². The van der Waals surface area contributed by atoms with Crippen molar-refractivity contribution in [1.82, 2.24) is 5.32 Å². The number of aliphatic carboxylic acids is 1. The molecular weight excluding hydrogens is 294 g/mol. The minimum atomic E-state index is -0.894. The zero-order valence-electron chi connectivity index (χ0n) is 14.1. The summed E-state index contributed by atoms with van der Waals surface area (Å²) in [6.07, 6.45) is 0.430. The van der Waals surface area contributed by atoms with Crippen LogP contribution in [0.4, 0.5) is 0 Å². The summed E-state index contributed by atoms with van der Waals surface area (Å²) >= 11 is 0. The Morgan fingerprint density at radius 1 is 1.26 bits per heavy atom. The second-order valence-electron chi connectivity index (χ2n) is 7.13. The van der Waals surface area contributed by atoms with Crippen LogP contribution in [-0.2, 0) is 15.1 Å². The van der Waals surface area contributed by atoms with Crippen LogP contribution in [0, 0.1) is 17.8 Å². The standard InChI is InChI=1S/C18H25NO4/c1-11(2)10-23-13-7-5-12(6-8-13)18(3,4)19-16(20)14-9-15(14)17(21)22/h5-8,11,14-15H,9-10H2,1-4H3,(H,19,20)(H,21,22). The third kappa shape index (κ3) is 4.47. The Labute approximate surface area is 137 Å². The van der Waals surface area contributed by atoms with E-state index in [4.69, 9.17) is 9.84 Å². The fourth-order valence-electron chi connectivity index (χ4n) is 2.46. The molecule has 0 spiro atoms. The molecule has 0 aromatic heterocycles. The summed E-state index contributed by atoms with van der Waals surface area (Å²) in [5, 5.41) is 11.9. The summed E-state index contributed by atoms with van der Waals surface area (Å²) in [5.41, 5.74) is 0.398. The lowest BCUT2D eigenvalue weighted by Crippen LogP contribution is -2.42. The maximum Gasteiger partial charge on any atom is 0.307 e. The molecule has 1 aliphatic rings. The third-order valence-electron chi connectivity index (χ3n) is 4.04. The van der Waals surface area contributed by atoms with E-state index in [1.54, 1.807) is 0 Å². The summed E-state index contributed by atoms with van der Waals surface area (Å²) in [4.78, 5) is 23.0. The molecule has 2 rings (SSSR count). The molecule has 1 fully saturated rings. The summed E-state index contributed by atoms with van der Waals surface area (Å²) in [5.74, 6) is -0.751. The van der Waals surface area contributed by atoms with E-state index in [-0.39, 0.29) is 5.91 Å². The van der Waals surface area contributed by atoms with E-state index in [2.05, 4.69) is 19.2 Å². The van der Waals surface area contributed by atoms with E-state index >= 15 is 0 Å². The second-order valence-corrected chi connectivity index (χ2v) is 7.13. The van der Waals surface area contributed by atoms with Crippen molar-refractivity contribution in [1.29, 1.82) is 0 Å². The Kier molecular flexibility index (Phi) is 4.97. The SMILES string of the molecule is CC(C)COc1ccc(C(C)(C)NC(=O)C2CC2C(=O)O)cc1. The first kappa shape index (κ1) is 17.3. The Balaban J connectivity index is 1.96. The average Bonchev–Trinajstić information content (AvgIpc) is 3.26. The number of benzene rings is 1. The van der Waals surface area contributed by atoms with E-state index in [0.29, 0.717) is 18.9 Å². The zero-order valence-corrected chi connectivity index (χ0v) is 14.1. The van der Waals surface area contributed by atoms with Gasteiger partial charge in [-0.25, -0.2) is 0 Å². The number of amides is 1. The highest BCUT2D eigenvalue weighted by atomic mass is 16.5. The van der Waals surface area contributed by atoms with Crippen molar-refractivity contribution in [3.05, 3.63) is 29.8 Å². The van der Waals surface area contributed by atoms with Gasteiger partial charge in [0, 0.05) is 0 Å². The maximum absolute atomic E-state index is 12.2. The van der Waals surface area contributed by atoms with Crippen LogP contribution >= 0.6 is 0 Å². The van der Waals surface area contributed by atoms with Crippen molar-refractivity contribution < 1.29 is 19.4 Å². The first-order valence-corrected chi connectivity index (χ1v) is 7.99. The first-order valence-electron chi connectivity index (χ1n) is 7.99. The Morgan fingerprint density at radius 3 is 2.35 bits per heavy atom. The smallest absolute Gasteiger partial charge is 0.307 e. The average molecular weight is 319 g/mol. The van der Waals surface area contributed by atoms with Crippen molar-refractivity contribution in [3.63, 3.8) is 0 Å². The van der Waals surface area contributed by atoms with Gasteiger partial charge in [0.1, 0.15) is 5.75 Å². The number of rotatable bonds is 7. The normalized spacial score (nSPS) is 20.2. The van der Waals surface area contributed by atoms with Crippen molar-refractivity contribution in [2.75, 3.05) is 6.61 Å². The quantitative estimate of drug-likeness (QED) is 0.810. The Morgan fingerprint density at radius 2 is 1.87 bits per heavy atom. The van der Waals surface area contributed by atoms with E-state index in [9.17, 15) is 9.59 Å². The Hall–Kier alpha value is -2.04. The Bertz CT molecular complexity index is 577. The van der Waals surface area contributed by atoms with Gasteiger partial charge in [0.05, 0.1) is 24.0 Å². The molecule has 1 aromatic carbocycles. The van der Waals surface area contributed by atoms with Gasteiger partial charge in [0.2, 0.25) is 5.91 Å². The number of carboxylic acid groups (broad SMARTS) is 1. The summed E-state index contributed by atoms with van der Waals surface area (Å²) in [7, 11) is 0. The molecule has 126 valence electrons. The van der Waals surface area contributed by atoms with Gasteiger partial charge < -0.3 is 15.2 Å². The lowest BCUT2D eigenvalue weighted by atomic mass is 9.94. The highest BCUT2D eigenvalue weighted by molar-refractivity contribution is 5.89. The lowest BCUT2D eigenvalue weighted by Gasteiger charge is -2.27. The van der Waals surface area contributed by atoms with E-state index in [1.807, 2.05) is 38.1 Å². The predicted octanol–water partition coefficient (Wildman–Crippen LogP) is 2.79. The monoisotopic (exact) mass is 319 g/mol. The molecule has 5 heteroatoms. The van der Waals surface area contributed by atoms with Gasteiger partial charge in [-0.3, -0.25) is 9.59 Å². The van der Waals surface area contributed by atoms with Gasteiger partial charge in [-0.2, -0.15) is 0 Å². The number of carbonyl (C=O) groups is 2. The van der Waals surface area contributed by atoms with Crippen LogP contribution in [0.15, 0.2) is 24.3 Å². The molecule has 1 amide bonds. The fourth-order valence-corrected chi connectivity index (χ4v) is 2.46. The minimum absolute atomic E-state index is 0.192. The van der Waals surface area contributed by atoms with Crippen LogP contribution in [0.1, 0.15) is 39.7 Å². The molecule has 0 bridgehead atoms. The first-order chi connectivity index (χ1) is 10.7. The van der Waals surface area contributed by atoms with Crippen LogP contribution < -0.4 is 10.1 Å². The van der Waals surface area contributed by atoms with Gasteiger partial charge in [-0.15, -0.1) is 0 Å². The molecule has 0 saturated heterocycles. The number of carbonyl (C=O) groups excluding carboxylic acids is 1. The van der Waals surface area contributed by atoms with Gasteiger partial charge >= 0.3 is 5.97 Å². The zero-order chi connectivity index (χ0) is 17.2. The minimum Gasteiger partial charge on any atom is -0.493 e. The van der Waals surface area contributed by atoms with Crippen LogP contribution in [0.5, 0.6) is 5.75 Å². The topological polar surface area (TPSA) is 75.6 Å². The largest absolute Gasteiger partial charge is 0.493 e. The number of hydrogen-bond acceptors (Lipinski definition) is 3. The van der Waals surface area contributed by atoms with Gasteiger partial charge in [0.15, 0.2) is 0 Å². The number of carboxylic acids is 1. The molecule has 1 saturated carbocycles. The third-order valence-corrected chi connectivity index (χ3v) is 4.04. The van der Waals surface area contributed by atoms with E-state index in [0.717, 1.165) is 11.3 Å². The second kappa shape index (κ2) is 6.60. The van der Waals surface area contributed by atoms with E-state index in [1.165, 1.54) is 0 Å². The summed E-state index contributed by atoms with van der Waals surface area (Å²) in [6.45, 7) is 8.67. The molecule has 0 aliphatic heterocycles. The van der Waals surface area contributed by atoms with Crippen molar-refractivity contribution >= 4 is 11.9 Å². The van der Waals surface area contributed by atoms with Crippen LogP contribution in [0.25, 0.3) is 0 Å². The van der Waals surface area contributed by atoms with Crippen molar-refractivity contribution in [2.24, 2.45) is 17.8 Å². The van der Waals surface area contributed by atoms with Gasteiger partial charge in [0.25, 0.3) is 0 Å². The van der Waals surface area contributed by atoms with Crippen molar-refractivity contribution in [2.45, 2.75) is 39.7 Å².